The first kappa shape index (κ1) is 10.2. The fourth-order valence-corrected chi connectivity index (χ4v) is 1.41. The van der Waals surface area contributed by atoms with Gasteiger partial charge >= 0.3 is 0 Å². The van der Waals surface area contributed by atoms with Crippen molar-refractivity contribution in [2.45, 2.75) is 19.9 Å². The molecule has 0 fully saturated rings. The molecule has 2 heteroatoms. The summed E-state index contributed by atoms with van der Waals surface area (Å²) >= 11 is 0. The molecule has 3 N–H and O–H groups in total. The molecule has 0 aliphatic heterocycles. The Hall–Kier alpha value is -0.860. The first-order valence-electron chi connectivity index (χ1n) is 4.77. The SMILES string of the molecule is CCNCC(N)c1ccccc1C. The molecule has 2 nitrogen and oxygen atoms in total. The van der Waals surface area contributed by atoms with Crippen LogP contribution in [-0.2, 0) is 0 Å². The summed E-state index contributed by atoms with van der Waals surface area (Å²) in [5.41, 5.74) is 8.53. The summed E-state index contributed by atoms with van der Waals surface area (Å²) in [5, 5.41) is 3.25. The van der Waals surface area contributed by atoms with Crippen LogP contribution in [0.2, 0.25) is 0 Å². The van der Waals surface area contributed by atoms with Crippen LogP contribution in [-0.4, -0.2) is 13.1 Å². The van der Waals surface area contributed by atoms with Crippen molar-refractivity contribution in [3.63, 3.8) is 0 Å². The van der Waals surface area contributed by atoms with Gasteiger partial charge in [0.25, 0.3) is 0 Å². The normalized spacial score (nSPS) is 12.8. The highest BCUT2D eigenvalue weighted by atomic mass is 14.9. The summed E-state index contributed by atoms with van der Waals surface area (Å²) in [7, 11) is 0. The Kier molecular flexibility index (Phi) is 3.93. The number of nitrogens with two attached hydrogens (primary N) is 1. The van der Waals surface area contributed by atoms with Crippen molar-refractivity contribution in [2.75, 3.05) is 13.1 Å². The monoisotopic (exact) mass is 178 g/mol. The molecule has 0 heterocycles. The van der Waals surface area contributed by atoms with Crippen LogP contribution < -0.4 is 11.1 Å². The lowest BCUT2D eigenvalue weighted by atomic mass is 10.0. The number of aryl methyl sites for hydroxylation is 1. The second-order valence-electron chi connectivity index (χ2n) is 3.27. The lowest BCUT2D eigenvalue weighted by molar-refractivity contribution is 0.613. The van der Waals surface area contributed by atoms with E-state index in [0.717, 1.165) is 13.1 Å². The van der Waals surface area contributed by atoms with Gasteiger partial charge in [-0.15, -0.1) is 0 Å². The first-order chi connectivity index (χ1) is 6.25. The molecule has 13 heavy (non-hydrogen) atoms. The summed E-state index contributed by atoms with van der Waals surface area (Å²) < 4.78 is 0. The minimum absolute atomic E-state index is 0.112. The second kappa shape index (κ2) is 5.00. The summed E-state index contributed by atoms with van der Waals surface area (Å²) in [4.78, 5) is 0. The minimum atomic E-state index is 0.112. The number of likely N-dealkylation sites (N-methyl/N-ethyl adjacent to an activating group) is 1. The molecule has 1 aromatic carbocycles. The molecule has 1 aromatic rings. The topological polar surface area (TPSA) is 38.0 Å². The van der Waals surface area contributed by atoms with Crippen molar-refractivity contribution in [3.05, 3.63) is 35.4 Å². The molecule has 0 aromatic heterocycles. The molecular formula is C11H18N2. The standard InChI is InChI=1S/C11H18N2/c1-3-13-8-11(12)10-7-5-4-6-9(10)2/h4-7,11,13H,3,8,12H2,1-2H3. The van der Waals surface area contributed by atoms with Crippen LogP contribution in [0.1, 0.15) is 24.1 Å². The zero-order valence-electron chi connectivity index (χ0n) is 8.38. The van der Waals surface area contributed by atoms with Gasteiger partial charge in [-0.3, -0.25) is 0 Å². The van der Waals surface area contributed by atoms with Gasteiger partial charge in [0.05, 0.1) is 0 Å². The van der Waals surface area contributed by atoms with Gasteiger partial charge < -0.3 is 11.1 Å². The Morgan fingerprint density at radius 2 is 2.08 bits per heavy atom. The molecule has 0 aliphatic rings. The smallest absolute Gasteiger partial charge is 0.0424 e. The summed E-state index contributed by atoms with van der Waals surface area (Å²) in [6, 6.07) is 8.38. The van der Waals surface area contributed by atoms with Crippen molar-refractivity contribution < 1.29 is 0 Å². The van der Waals surface area contributed by atoms with E-state index in [1.165, 1.54) is 11.1 Å². The molecular weight excluding hydrogens is 160 g/mol. The number of rotatable bonds is 4. The maximum Gasteiger partial charge on any atom is 0.0424 e. The Balaban J connectivity index is 2.65. The van der Waals surface area contributed by atoms with Crippen LogP contribution >= 0.6 is 0 Å². The van der Waals surface area contributed by atoms with Crippen LogP contribution in [0.25, 0.3) is 0 Å². The zero-order chi connectivity index (χ0) is 9.68. The average molecular weight is 178 g/mol. The van der Waals surface area contributed by atoms with E-state index >= 15 is 0 Å². The van der Waals surface area contributed by atoms with Gasteiger partial charge in [-0.1, -0.05) is 31.2 Å². The molecule has 0 bridgehead atoms. The maximum atomic E-state index is 6.02. The Labute approximate surface area is 80.1 Å². The largest absolute Gasteiger partial charge is 0.323 e. The molecule has 1 atom stereocenters. The highest BCUT2D eigenvalue weighted by Crippen LogP contribution is 2.13. The number of hydrogen-bond donors (Lipinski definition) is 2. The van der Waals surface area contributed by atoms with Gasteiger partial charge in [0.15, 0.2) is 0 Å². The third kappa shape index (κ3) is 2.83. The van der Waals surface area contributed by atoms with E-state index in [9.17, 15) is 0 Å². The molecule has 0 amide bonds. The average Bonchev–Trinajstić information content (AvgIpc) is 2.15. The van der Waals surface area contributed by atoms with E-state index in [4.69, 9.17) is 5.73 Å². The van der Waals surface area contributed by atoms with Crippen molar-refractivity contribution in [2.24, 2.45) is 5.73 Å². The van der Waals surface area contributed by atoms with Gasteiger partial charge in [-0.25, -0.2) is 0 Å². The van der Waals surface area contributed by atoms with Gasteiger partial charge in [0.1, 0.15) is 0 Å². The van der Waals surface area contributed by atoms with Gasteiger partial charge in [0, 0.05) is 12.6 Å². The summed E-state index contributed by atoms with van der Waals surface area (Å²) in [6.45, 7) is 6.01. The predicted octanol–water partition coefficient (Wildman–Crippen LogP) is 1.60. The number of hydrogen-bond acceptors (Lipinski definition) is 2. The number of nitrogens with one attached hydrogen (secondary N) is 1. The van der Waals surface area contributed by atoms with Crippen LogP contribution in [0.4, 0.5) is 0 Å². The van der Waals surface area contributed by atoms with E-state index in [1.54, 1.807) is 0 Å². The Morgan fingerprint density at radius 1 is 1.38 bits per heavy atom. The second-order valence-corrected chi connectivity index (χ2v) is 3.27. The molecule has 0 saturated heterocycles. The fraction of sp³-hybridized carbons (Fsp3) is 0.455. The lowest BCUT2D eigenvalue weighted by Crippen LogP contribution is -2.27. The highest BCUT2D eigenvalue weighted by Gasteiger charge is 2.06. The summed E-state index contributed by atoms with van der Waals surface area (Å²) in [5.74, 6) is 0. The van der Waals surface area contributed by atoms with Crippen LogP contribution in [0.5, 0.6) is 0 Å². The van der Waals surface area contributed by atoms with E-state index in [-0.39, 0.29) is 6.04 Å². The van der Waals surface area contributed by atoms with Crippen LogP contribution in [0, 0.1) is 6.92 Å². The Bertz CT molecular complexity index is 258. The van der Waals surface area contributed by atoms with Crippen LogP contribution in [0.3, 0.4) is 0 Å². The molecule has 0 radical (unpaired) electrons. The minimum Gasteiger partial charge on any atom is -0.323 e. The van der Waals surface area contributed by atoms with Crippen molar-refractivity contribution in [3.8, 4) is 0 Å². The van der Waals surface area contributed by atoms with E-state index in [0.29, 0.717) is 0 Å². The molecule has 1 rings (SSSR count). The predicted molar refractivity (Wildman–Crippen MR) is 56.7 cm³/mol. The molecule has 72 valence electrons. The van der Waals surface area contributed by atoms with Gasteiger partial charge in [-0.05, 0) is 24.6 Å². The fourth-order valence-electron chi connectivity index (χ4n) is 1.41. The van der Waals surface area contributed by atoms with Crippen LogP contribution in [0.15, 0.2) is 24.3 Å². The summed E-state index contributed by atoms with van der Waals surface area (Å²) in [6.07, 6.45) is 0. The lowest BCUT2D eigenvalue weighted by Gasteiger charge is -2.14. The molecule has 0 saturated carbocycles. The van der Waals surface area contributed by atoms with E-state index in [1.807, 2.05) is 12.1 Å². The zero-order valence-corrected chi connectivity index (χ0v) is 8.38. The van der Waals surface area contributed by atoms with Crippen molar-refractivity contribution in [1.29, 1.82) is 0 Å². The maximum absolute atomic E-state index is 6.02. The highest BCUT2D eigenvalue weighted by molar-refractivity contribution is 5.28. The van der Waals surface area contributed by atoms with Crippen molar-refractivity contribution >= 4 is 0 Å². The van der Waals surface area contributed by atoms with Crippen molar-refractivity contribution in [1.82, 2.24) is 5.32 Å². The number of benzene rings is 1. The van der Waals surface area contributed by atoms with E-state index in [2.05, 4.69) is 31.3 Å². The van der Waals surface area contributed by atoms with E-state index < -0.39 is 0 Å². The molecule has 0 spiro atoms. The van der Waals surface area contributed by atoms with Gasteiger partial charge in [-0.2, -0.15) is 0 Å². The third-order valence-corrected chi connectivity index (χ3v) is 2.20. The van der Waals surface area contributed by atoms with Gasteiger partial charge in [0.2, 0.25) is 0 Å². The molecule has 0 aliphatic carbocycles. The molecule has 1 unspecified atom stereocenters. The quantitative estimate of drug-likeness (QED) is 0.735. The Morgan fingerprint density at radius 3 is 2.69 bits per heavy atom. The third-order valence-electron chi connectivity index (χ3n) is 2.20. The first-order valence-corrected chi connectivity index (χ1v) is 4.77.